The third-order valence-electron chi connectivity index (χ3n) is 1.86. The van der Waals surface area contributed by atoms with Gasteiger partial charge in [0.1, 0.15) is 0 Å². The Morgan fingerprint density at radius 3 is 1.27 bits per heavy atom. The number of ether oxygens (including phenoxy) is 4. The Morgan fingerprint density at radius 1 is 0.636 bits per heavy atom. The van der Waals surface area contributed by atoms with Gasteiger partial charge in [-0.1, -0.05) is 0 Å². The smallest absolute Gasteiger partial charge is 0.331 e. The number of carbonyl (C=O) groups is 5. The van der Waals surface area contributed by atoms with Crippen molar-refractivity contribution in [1.82, 2.24) is 0 Å². The number of esters is 4. The number of carbonyl (C=O) groups excluding carboxylic acids is 5. The third-order valence-corrected chi connectivity index (χ3v) is 1.86. The van der Waals surface area contributed by atoms with Crippen molar-refractivity contribution in [2.45, 2.75) is 0 Å². The Kier molecular flexibility index (Phi) is 9.32. The molecule has 0 aliphatic carbocycles. The van der Waals surface area contributed by atoms with E-state index in [-0.39, 0.29) is 0 Å². The fourth-order valence-electron chi connectivity index (χ4n) is 0.849. The molecule has 0 saturated carbocycles. The lowest BCUT2D eigenvalue weighted by Gasteiger charge is -2.02. The maximum atomic E-state index is 11.3. The number of hydrogen-bond donors (Lipinski definition) is 0. The highest BCUT2D eigenvalue weighted by Gasteiger charge is 2.08. The summed E-state index contributed by atoms with van der Waals surface area (Å²) in [5, 5.41) is 0. The van der Waals surface area contributed by atoms with Crippen LogP contribution in [0.2, 0.25) is 0 Å². The molecule has 22 heavy (non-hydrogen) atoms. The molecule has 0 fully saturated rings. The van der Waals surface area contributed by atoms with E-state index in [2.05, 4.69) is 18.9 Å². The molecule has 9 heteroatoms. The van der Waals surface area contributed by atoms with E-state index >= 15 is 0 Å². The molecule has 0 unspecified atom stereocenters. The van der Waals surface area contributed by atoms with Crippen molar-refractivity contribution in [2.24, 2.45) is 0 Å². The Balaban J connectivity index is 4.00. The van der Waals surface area contributed by atoms with Gasteiger partial charge in [0.2, 0.25) is 5.78 Å². The second kappa shape index (κ2) is 10.8. The molecule has 0 bridgehead atoms. The van der Waals surface area contributed by atoms with Gasteiger partial charge in [-0.15, -0.1) is 0 Å². The molecule has 0 N–H and O–H groups in total. The maximum absolute atomic E-state index is 11.3. The molecule has 0 aromatic rings. The molecule has 120 valence electrons. The van der Waals surface area contributed by atoms with Gasteiger partial charge in [-0.2, -0.15) is 0 Å². The Bertz CT molecular complexity index is 458. The van der Waals surface area contributed by atoms with E-state index in [0.717, 1.165) is 38.5 Å². The van der Waals surface area contributed by atoms with Crippen LogP contribution in [0.5, 0.6) is 0 Å². The molecular formula is C13H14O9. The number of hydrogen-bond acceptors (Lipinski definition) is 9. The first-order chi connectivity index (χ1) is 10.4. The average molecular weight is 314 g/mol. The van der Waals surface area contributed by atoms with Crippen LogP contribution in [0.4, 0.5) is 0 Å². The fourth-order valence-corrected chi connectivity index (χ4v) is 0.849. The third kappa shape index (κ3) is 9.89. The SMILES string of the molecule is COC(=O)C=CC(=O)OCC(=O)COC(=O)/C=C/C(=O)OC. The van der Waals surface area contributed by atoms with Crippen molar-refractivity contribution in [3.05, 3.63) is 24.3 Å². The quantitative estimate of drug-likeness (QED) is 0.318. The summed E-state index contributed by atoms with van der Waals surface area (Å²) in [4.78, 5) is 54.8. The topological polar surface area (TPSA) is 122 Å². The van der Waals surface area contributed by atoms with Gasteiger partial charge in [0.05, 0.1) is 14.2 Å². The largest absolute Gasteiger partial charge is 0.466 e. The van der Waals surface area contributed by atoms with Crippen LogP contribution in [0.15, 0.2) is 24.3 Å². The van der Waals surface area contributed by atoms with Crippen molar-refractivity contribution < 1.29 is 42.9 Å². The average Bonchev–Trinajstić information content (AvgIpc) is 2.53. The minimum Gasteiger partial charge on any atom is -0.466 e. The van der Waals surface area contributed by atoms with Crippen molar-refractivity contribution in [3.63, 3.8) is 0 Å². The molecule has 0 radical (unpaired) electrons. The Labute approximate surface area is 125 Å². The molecule has 0 rings (SSSR count). The predicted molar refractivity (Wildman–Crippen MR) is 69.2 cm³/mol. The number of Topliss-reactive ketones (excluding diaryl/α,β-unsaturated/α-hetero) is 1. The minimum atomic E-state index is -0.935. The van der Waals surface area contributed by atoms with Crippen LogP contribution in [0.25, 0.3) is 0 Å². The van der Waals surface area contributed by atoms with Gasteiger partial charge in [-0.25, -0.2) is 19.2 Å². The molecule has 0 heterocycles. The van der Waals surface area contributed by atoms with Crippen molar-refractivity contribution >= 4 is 29.7 Å². The van der Waals surface area contributed by atoms with Crippen molar-refractivity contribution in [1.29, 1.82) is 0 Å². The highest BCUT2D eigenvalue weighted by molar-refractivity contribution is 5.94. The van der Waals surface area contributed by atoms with E-state index in [1.807, 2.05) is 0 Å². The minimum absolute atomic E-state index is 0.641. The molecule has 0 amide bonds. The normalized spacial score (nSPS) is 10.3. The summed E-state index contributed by atoms with van der Waals surface area (Å²) in [5.41, 5.74) is 0. The molecule has 9 nitrogen and oxygen atoms in total. The van der Waals surface area contributed by atoms with Crippen LogP contribution in [-0.4, -0.2) is 57.1 Å². The van der Waals surface area contributed by atoms with Gasteiger partial charge in [-0.3, -0.25) is 4.79 Å². The van der Waals surface area contributed by atoms with E-state index in [1.165, 1.54) is 0 Å². The summed E-state index contributed by atoms with van der Waals surface area (Å²) >= 11 is 0. The highest BCUT2D eigenvalue weighted by atomic mass is 16.6. The van der Waals surface area contributed by atoms with Crippen molar-refractivity contribution in [2.75, 3.05) is 27.4 Å². The first kappa shape index (κ1) is 19.0. The van der Waals surface area contributed by atoms with Gasteiger partial charge in [0, 0.05) is 24.3 Å². The Hall–Kier alpha value is -2.97. The van der Waals surface area contributed by atoms with E-state index in [0.29, 0.717) is 0 Å². The van der Waals surface area contributed by atoms with E-state index in [9.17, 15) is 24.0 Å². The van der Waals surface area contributed by atoms with Gasteiger partial charge in [0.15, 0.2) is 13.2 Å². The first-order valence-corrected chi connectivity index (χ1v) is 5.76. The molecule has 0 saturated heterocycles. The summed E-state index contributed by atoms with van der Waals surface area (Å²) in [6.45, 7) is -1.28. The van der Waals surface area contributed by atoms with Crippen LogP contribution < -0.4 is 0 Å². The Morgan fingerprint density at radius 2 is 0.955 bits per heavy atom. The van der Waals surface area contributed by atoms with Gasteiger partial charge in [-0.05, 0) is 0 Å². The number of rotatable bonds is 8. The predicted octanol–water partition coefficient (Wildman–Crippen LogP) is -0.900. The summed E-state index contributed by atoms with van der Waals surface area (Å²) in [6, 6.07) is 0. The molecule has 0 aliphatic rings. The zero-order chi connectivity index (χ0) is 17.0. The summed E-state index contributed by atoms with van der Waals surface area (Å²) < 4.78 is 17.4. The molecule has 0 aromatic carbocycles. The number of methoxy groups -OCH3 is 2. The maximum Gasteiger partial charge on any atom is 0.331 e. The molecule has 0 spiro atoms. The number of ketones is 1. The summed E-state index contributed by atoms with van der Waals surface area (Å²) in [6.07, 6.45) is 3.21. The van der Waals surface area contributed by atoms with Crippen LogP contribution in [0.1, 0.15) is 0 Å². The lowest BCUT2D eigenvalue weighted by molar-refractivity contribution is -0.148. The first-order valence-electron chi connectivity index (χ1n) is 5.76. The van der Waals surface area contributed by atoms with Gasteiger partial charge < -0.3 is 18.9 Å². The molecule has 0 aromatic heterocycles. The second-order valence-corrected chi connectivity index (χ2v) is 3.47. The van der Waals surface area contributed by atoms with Crippen molar-refractivity contribution in [3.8, 4) is 0 Å². The lowest BCUT2D eigenvalue weighted by atomic mass is 10.4. The second-order valence-electron chi connectivity index (χ2n) is 3.47. The fraction of sp³-hybridized carbons (Fsp3) is 0.308. The standard InChI is InChI=1S/C13H14O9/c1-19-10(15)3-5-12(17)21-7-9(14)8-22-13(18)6-4-11(16)20-2/h3-6H,7-8H2,1-2H3/b5-3+,6-4?. The molecular weight excluding hydrogens is 300 g/mol. The van der Waals surface area contributed by atoms with Crippen LogP contribution in [-0.2, 0) is 42.9 Å². The zero-order valence-corrected chi connectivity index (χ0v) is 11.9. The van der Waals surface area contributed by atoms with Crippen LogP contribution in [0, 0.1) is 0 Å². The van der Waals surface area contributed by atoms with E-state index in [1.54, 1.807) is 0 Å². The monoisotopic (exact) mass is 314 g/mol. The highest BCUT2D eigenvalue weighted by Crippen LogP contribution is 1.89. The van der Waals surface area contributed by atoms with E-state index in [4.69, 9.17) is 0 Å². The molecule has 0 atom stereocenters. The van der Waals surface area contributed by atoms with E-state index < -0.39 is 42.9 Å². The summed E-state index contributed by atoms with van der Waals surface area (Å²) in [7, 11) is 2.26. The van der Waals surface area contributed by atoms with Gasteiger partial charge >= 0.3 is 23.9 Å². The summed E-state index contributed by atoms with van der Waals surface area (Å²) in [5.74, 6) is -4.07. The lowest BCUT2D eigenvalue weighted by Crippen LogP contribution is -2.19. The van der Waals surface area contributed by atoms with Gasteiger partial charge in [0.25, 0.3) is 0 Å². The molecule has 0 aliphatic heterocycles. The van der Waals surface area contributed by atoms with Crippen LogP contribution >= 0.6 is 0 Å². The van der Waals surface area contributed by atoms with Crippen LogP contribution in [0.3, 0.4) is 0 Å². The zero-order valence-electron chi connectivity index (χ0n) is 11.9.